The number of hydrogen-bond acceptors (Lipinski definition) is 6. The predicted molar refractivity (Wildman–Crippen MR) is 105 cm³/mol. The van der Waals surface area contributed by atoms with E-state index in [9.17, 15) is 8.42 Å². The molecule has 0 saturated carbocycles. The molecule has 1 saturated heterocycles. The molecule has 0 amide bonds. The van der Waals surface area contributed by atoms with Crippen LogP contribution in [0.2, 0.25) is 0 Å². The van der Waals surface area contributed by atoms with Crippen LogP contribution >= 0.6 is 12.4 Å². The third kappa shape index (κ3) is 4.71. The Kier molecular flexibility index (Phi) is 7.07. The fourth-order valence-corrected chi connectivity index (χ4v) is 4.89. The zero-order valence-electron chi connectivity index (χ0n) is 16.2. The first-order valence-electron chi connectivity index (χ1n) is 8.98. The van der Waals surface area contributed by atoms with Crippen molar-refractivity contribution in [3.05, 3.63) is 18.1 Å². The standard InChI is InChI=1S/C17H27N5O3S.ClH/c1-12-6-5-7-22(10-12)26(23,24)14-9-15(21(4)11-14)17-19-16(20-25-17)8-13(2)18-3;/h9,11-13,18H,5-8,10H2,1-4H3;1H. The number of nitrogens with zero attached hydrogens (tertiary/aromatic N) is 4. The number of hydrogen-bond donors (Lipinski definition) is 1. The molecule has 1 fully saturated rings. The van der Waals surface area contributed by atoms with Crippen LogP contribution in [0.1, 0.15) is 32.5 Å². The van der Waals surface area contributed by atoms with E-state index in [0.717, 1.165) is 12.8 Å². The van der Waals surface area contributed by atoms with E-state index in [1.807, 2.05) is 14.0 Å². The van der Waals surface area contributed by atoms with Gasteiger partial charge in [0, 0.05) is 38.8 Å². The number of nitrogens with one attached hydrogen (secondary N) is 1. The van der Waals surface area contributed by atoms with Crippen LogP contribution in [0.4, 0.5) is 0 Å². The van der Waals surface area contributed by atoms with Gasteiger partial charge in [-0.1, -0.05) is 12.1 Å². The van der Waals surface area contributed by atoms with E-state index >= 15 is 0 Å². The topological polar surface area (TPSA) is 93.3 Å². The zero-order chi connectivity index (χ0) is 18.9. The Morgan fingerprint density at radius 1 is 1.44 bits per heavy atom. The molecule has 0 aromatic carbocycles. The van der Waals surface area contributed by atoms with Crippen molar-refractivity contribution in [1.29, 1.82) is 0 Å². The minimum Gasteiger partial charge on any atom is -0.345 e. The molecule has 2 aromatic heterocycles. The maximum atomic E-state index is 13.0. The molecular weight excluding hydrogens is 390 g/mol. The van der Waals surface area contributed by atoms with E-state index in [0.29, 0.717) is 42.8 Å². The fraction of sp³-hybridized carbons (Fsp3) is 0.647. The van der Waals surface area contributed by atoms with Crippen molar-refractivity contribution >= 4 is 22.4 Å². The molecule has 3 rings (SSSR count). The molecule has 1 aliphatic rings. The quantitative estimate of drug-likeness (QED) is 0.773. The van der Waals surface area contributed by atoms with Crippen molar-refractivity contribution in [1.82, 2.24) is 24.3 Å². The lowest BCUT2D eigenvalue weighted by Gasteiger charge is -2.29. The molecule has 2 unspecified atom stereocenters. The molecular formula is C17H28ClN5O3S. The summed E-state index contributed by atoms with van der Waals surface area (Å²) in [5.41, 5.74) is 0.601. The second-order valence-corrected chi connectivity index (χ2v) is 9.13. The summed E-state index contributed by atoms with van der Waals surface area (Å²) >= 11 is 0. The average Bonchev–Trinajstić information content (AvgIpc) is 3.21. The Morgan fingerprint density at radius 2 is 2.19 bits per heavy atom. The Hall–Kier alpha value is -1.42. The lowest BCUT2D eigenvalue weighted by Crippen LogP contribution is -2.38. The van der Waals surface area contributed by atoms with Crippen molar-refractivity contribution in [2.24, 2.45) is 13.0 Å². The van der Waals surface area contributed by atoms with Gasteiger partial charge in [-0.2, -0.15) is 9.29 Å². The van der Waals surface area contributed by atoms with Crippen molar-refractivity contribution in [2.45, 2.75) is 44.0 Å². The third-order valence-corrected chi connectivity index (χ3v) is 6.74. The van der Waals surface area contributed by atoms with E-state index in [-0.39, 0.29) is 23.3 Å². The number of piperidine rings is 1. The van der Waals surface area contributed by atoms with E-state index in [1.165, 1.54) is 0 Å². The minimum absolute atomic E-state index is 0. The van der Waals surface area contributed by atoms with Crippen LogP contribution in [0, 0.1) is 5.92 Å². The van der Waals surface area contributed by atoms with Crippen molar-refractivity contribution in [2.75, 3.05) is 20.1 Å². The third-order valence-electron chi connectivity index (χ3n) is 4.91. The maximum absolute atomic E-state index is 13.0. The van der Waals surface area contributed by atoms with Crippen molar-refractivity contribution in [3.63, 3.8) is 0 Å². The van der Waals surface area contributed by atoms with Gasteiger partial charge in [-0.15, -0.1) is 12.4 Å². The van der Waals surface area contributed by atoms with Gasteiger partial charge in [0.15, 0.2) is 5.82 Å². The Morgan fingerprint density at radius 3 is 2.85 bits per heavy atom. The Bertz CT molecular complexity index is 864. The lowest BCUT2D eigenvalue weighted by atomic mass is 10.0. The normalized spacial score (nSPS) is 19.6. The molecule has 1 aliphatic heterocycles. The molecule has 2 atom stereocenters. The molecule has 0 bridgehead atoms. The van der Waals surface area contributed by atoms with Crippen LogP contribution in [0.15, 0.2) is 21.7 Å². The summed E-state index contributed by atoms with van der Waals surface area (Å²) < 4.78 is 34.6. The number of sulfonamides is 1. The second-order valence-electron chi connectivity index (χ2n) is 7.19. The van der Waals surface area contributed by atoms with Gasteiger partial charge in [-0.25, -0.2) is 8.42 Å². The van der Waals surface area contributed by atoms with E-state index in [1.54, 1.807) is 28.2 Å². The van der Waals surface area contributed by atoms with Gasteiger partial charge in [-0.3, -0.25) is 0 Å². The SMILES string of the molecule is CNC(C)Cc1noc(-c2cc(S(=O)(=O)N3CCCC(C)C3)cn2C)n1.Cl. The molecule has 0 radical (unpaired) electrons. The molecule has 10 heteroatoms. The fourth-order valence-electron chi connectivity index (χ4n) is 3.22. The van der Waals surface area contributed by atoms with Crippen LogP contribution in [0.5, 0.6) is 0 Å². The monoisotopic (exact) mass is 417 g/mol. The first kappa shape index (κ1) is 21.9. The summed E-state index contributed by atoms with van der Waals surface area (Å²) in [6.45, 7) is 5.26. The van der Waals surface area contributed by atoms with Crippen LogP contribution in [-0.2, 0) is 23.5 Å². The number of aryl methyl sites for hydroxylation is 1. The molecule has 152 valence electrons. The van der Waals surface area contributed by atoms with Crippen LogP contribution in [0.25, 0.3) is 11.6 Å². The van der Waals surface area contributed by atoms with Crippen LogP contribution in [0.3, 0.4) is 0 Å². The first-order valence-corrected chi connectivity index (χ1v) is 10.4. The smallest absolute Gasteiger partial charge is 0.274 e. The summed E-state index contributed by atoms with van der Waals surface area (Å²) in [6.07, 6.45) is 4.23. The molecule has 8 nitrogen and oxygen atoms in total. The van der Waals surface area contributed by atoms with Crippen molar-refractivity contribution < 1.29 is 12.9 Å². The largest absolute Gasteiger partial charge is 0.345 e. The van der Waals surface area contributed by atoms with Gasteiger partial charge >= 0.3 is 0 Å². The zero-order valence-corrected chi connectivity index (χ0v) is 17.8. The summed E-state index contributed by atoms with van der Waals surface area (Å²) in [7, 11) is 0.153. The van der Waals surface area contributed by atoms with Gasteiger partial charge < -0.3 is 14.4 Å². The Labute approximate surface area is 166 Å². The second kappa shape index (κ2) is 8.72. The molecule has 3 heterocycles. The highest BCUT2D eigenvalue weighted by atomic mass is 35.5. The van der Waals surface area contributed by atoms with Crippen molar-refractivity contribution in [3.8, 4) is 11.6 Å². The van der Waals surface area contributed by atoms with Gasteiger partial charge in [0.1, 0.15) is 10.6 Å². The van der Waals surface area contributed by atoms with Crippen LogP contribution < -0.4 is 5.32 Å². The summed E-state index contributed by atoms with van der Waals surface area (Å²) in [4.78, 5) is 4.67. The first-order chi connectivity index (χ1) is 12.3. The maximum Gasteiger partial charge on any atom is 0.274 e. The molecule has 0 spiro atoms. The summed E-state index contributed by atoms with van der Waals surface area (Å²) in [6, 6.07) is 1.85. The van der Waals surface area contributed by atoms with Crippen LogP contribution in [-0.4, -0.2) is 53.6 Å². The highest BCUT2D eigenvalue weighted by Gasteiger charge is 2.30. The molecule has 1 N–H and O–H groups in total. The van der Waals surface area contributed by atoms with E-state index < -0.39 is 10.0 Å². The highest BCUT2D eigenvalue weighted by molar-refractivity contribution is 7.89. The summed E-state index contributed by atoms with van der Waals surface area (Å²) in [5, 5.41) is 7.12. The van der Waals surface area contributed by atoms with E-state index in [4.69, 9.17) is 4.52 Å². The van der Waals surface area contributed by atoms with Gasteiger partial charge in [0.25, 0.3) is 5.89 Å². The lowest BCUT2D eigenvalue weighted by molar-refractivity contribution is 0.281. The number of aromatic nitrogens is 3. The predicted octanol–water partition coefficient (Wildman–Crippen LogP) is 2.07. The van der Waals surface area contributed by atoms with Gasteiger partial charge in [-0.05, 0) is 38.8 Å². The van der Waals surface area contributed by atoms with Gasteiger partial charge in [0.2, 0.25) is 10.0 Å². The number of rotatable bonds is 6. The Balaban J connectivity index is 0.00000261. The highest BCUT2D eigenvalue weighted by Crippen LogP contribution is 2.27. The van der Waals surface area contributed by atoms with E-state index in [2.05, 4.69) is 22.4 Å². The molecule has 0 aliphatic carbocycles. The number of halogens is 1. The molecule has 2 aromatic rings. The number of likely N-dealkylation sites (N-methyl/N-ethyl adjacent to an activating group) is 1. The average molecular weight is 418 g/mol. The molecule has 27 heavy (non-hydrogen) atoms. The summed E-state index contributed by atoms with van der Waals surface area (Å²) in [5.74, 6) is 1.31. The minimum atomic E-state index is -3.51. The van der Waals surface area contributed by atoms with Gasteiger partial charge in [0.05, 0.1) is 0 Å².